The van der Waals surface area contributed by atoms with Crippen LogP contribution in [-0.4, -0.2) is 9.97 Å². The molecule has 0 bridgehead atoms. The normalized spacial score (nSPS) is 10.8. The average Bonchev–Trinajstić information content (AvgIpc) is 2.51. The van der Waals surface area contributed by atoms with E-state index in [1.165, 1.54) is 5.39 Å². The summed E-state index contributed by atoms with van der Waals surface area (Å²) >= 11 is 6.13. The minimum atomic E-state index is 0.442. The monoisotopic (exact) mass is 298 g/mol. The number of aryl methyl sites for hydroxylation is 1. The van der Waals surface area contributed by atoms with Gasteiger partial charge in [0.1, 0.15) is 16.7 Å². The lowest BCUT2D eigenvalue weighted by molar-refractivity contribution is 0.455. The van der Waals surface area contributed by atoms with Crippen LogP contribution in [0.25, 0.3) is 10.8 Å². The zero-order chi connectivity index (χ0) is 14.8. The standard InChI is InChI=1S/C17H15ClN2O/c1-3-15-19-16(18)11(2)17(20-15)21-14-9-8-12-6-4-5-7-13(12)10-14/h4-10H,3H2,1-2H3. The first kappa shape index (κ1) is 13.8. The second-order valence-electron chi connectivity index (χ2n) is 4.83. The first-order valence-electron chi connectivity index (χ1n) is 6.87. The maximum atomic E-state index is 6.13. The minimum Gasteiger partial charge on any atom is -0.439 e. The molecule has 0 aliphatic carbocycles. The molecule has 3 aromatic rings. The molecular weight excluding hydrogens is 284 g/mol. The average molecular weight is 299 g/mol. The molecule has 0 saturated heterocycles. The van der Waals surface area contributed by atoms with E-state index in [0.29, 0.717) is 23.3 Å². The summed E-state index contributed by atoms with van der Waals surface area (Å²) in [5.74, 6) is 1.94. The zero-order valence-electron chi connectivity index (χ0n) is 11.9. The molecule has 0 fully saturated rings. The molecule has 0 atom stereocenters. The Labute approximate surface area is 128 Å². The van der Waals surface area contributed by atoms with Crippen LogP contribution in [0.15, 0.2) is 42.5 Å². The Morgan fingerprint density at radius 3 is 2.57 bits per heavy atom. The van der Waals surface area contributed by atoms with Crippen LogP contribution in [0, 0.1) is 6.92 Å². The quantitative estimate of drug-likeness (QED) is 0.642. The third-order valence-corrected chi connectivity index (χ3v) is 3.71. The number of aromatic nitrogens is 2. The molecule has 106 valence electrons. The van der Waals surface area contributed by atoms with Gasteiger partial charge in [0.25, 0.3) is 0 Å². The van der Waals surface area contributed by atoms with Crippen molar-refractivity contribution in [2.75, 3.05) is 0 Å². The fraction of sp³-hybridized carbons (Fsp3) is 0.176. The molecule has 3 nitrogen and oxygen atoms in total. The molecule has 2 aromatic carbocycles. The zero-order valence-corrected chi connectivity index (χ0v) is 12.7. The Morgan fingerprint density at radius 1 is 1.05 bits per heavy atom. The fourth-order valence-corrected chi connectivity index (χ4v) is 2.29. The molecule has 0 amide bonds. The van der Waals surface area contributed by atoms with E-state index in [1.54, 1.807) is 0 Å². The lowest BCUT2D eigenvalue weighted by Gasteiger charge is -2.10. The van der Waals surface area contributed by atoms with E-state index in [9.17, 15) is 0 Å². The summed E-state index contributed by atoms with van der Waals surface area (Å²) in [4.78, 5) is 8.63. The minimum absolute atomic E-state index is 0.442. The van der Waals surface area contributed by atoms with E-state index < -0.39 is 0 Å². The van der Waals surface area contributed by atoms with Gasteiger partial charge in [-0.05, 0) is 29.8 Å². The van der Waals surface area contributed by atoms with Crippen molar-refractivity contribution in [3.63, 3.8) is 0 Å². The van der Waals surface area contributed by atoms with Gasteiger partial charge in [-0.1, -0.05) is 48.9 Å². The van der Waals surface area contributed by atoms with Crippen LogP contribution in [0.3, 0.4) is 0 Å². The van der Waals surface area contributed by atoms with Gasteiger partial charge in [-0.3, -0.25) is 0 Å². The van der Waals surface area contributed by atoms with Gasteiger partial charge < -0.3 is 4.74 Å². The van der Waals surface area contributed by atoms with Crippen LogP contribution in [0.5, 0.6) is 11.6 Å². The number of ether oxygens (including phenoxy) is 1. The van der Waals surface area contributed by atoms with E-state index in [0.717, 1.165) is 16.7 Å². The van der Waals surface area contributed by atoms with Crippen molar-refractivity contribution in [2.24, 2.45) is 0 Å². The van der Waals surface area contributed by atoms with E-state index in [4.69, 9.17) is 16.3 Å². The van der Waals surface area contributed by atoms with Crippen LogP contribution in [0.4, 0.5) is 0 Å². The summed E-state index contributed by atoms with van der Waals surface area (Å²) in [6, 6.07) is 14.1. The SMILES string of the molecule is CCc1nc(Cl)c(C)c(Oc2ccc3ccccc3c2)n1. The first-order valence-corrected chi connectivity index (χ1v) is 7.25. The molecule has 0 unspecified atom stereocenters. The highest BCUT2D eigenvalue weighted by atomic mass is 35.5. The largest absolute Gasteiger partial charge is 0.439 e. The van der Waals surface area contributed by atoms with E-state index >= 15 is 0 Å². The Balaban J connectivity index is 2.00. The van der Waals surface area contributed by atoms with Gasteiger partial charge in [0.2, 0.25) is 5.88 Å². The van der Waals surface area contributed by atoms with E-state index in [-0.39, 0.29) is 0 Å². The molecule has 0 aliphatic rings. The highest BCUT2D eigenvalue weighted by molar-refractivity contribution is 6.30. The molecule has 0 saturated carbocycles. The highest BCUT2D eigenvalue weighted by Gasteiger charge is 2.11. The van der Waals surface area contributed by atoms with Crippen molar-refractivity contribution in [1.82, 2.24) is 9.97 Å². The molecule has 1 aromatic heterocycles. The van der Waals surface area contributed by atoms with Crippen molar-refractivity contribution in [2.45, 2.75) is 20.3 Å². The third kappa shape index (κ3) is 2.83. The number of fused-ring (bicyclic) bond motifs is 1. The number of benzene rings is 2. The van der Waals surface area contributed by atoms with Gasteiger partial charge in [-0.25, -0.2) is 4.98 Å². The molecule has 4 heteroatoms. The number of rotatable bonds is 3. The van der Waals surface area contributed by atoms with Gasteiger partial charge in [-0.15, -0.1) is 0 Å². The third-order valence-electron chi connectivity index (χ3n) is 3.34. The molecule has 1 heterocycles. The number of nitrogens with zero attached hydrogens (tertiary/aromatic N) is 2. The number of hydrogen-bond donors (Lipinski definition) is 0. The van der Waals surface area contributed by atoms with Gasteiger partial charge in [0, 0.05) is 12.0 Å². The summed E-state index contributed by atoms with van der Waals surface area (Å²) in [5, 5.41) is 2.75. The maximum absolute atomic E-state index is 6.13. The van der Waals surface area contributed by atoms with Crippen molar-refractivity contribution in [3.8, 4) is 11.6 Å². The number of hydrogen-bond acceptors (Lipinski definition) is 3. The molecule has 21 heavy (non-hydrogen) atoms. The molecule has 0 N–H and O–H groups in total. The Morgan fingerprint density at radius 2 is 1.81 bits per heavy atom. The Hall–Kier alpha value is -2.13. The predicted octanol–water partition coefficient (Wildman–Crippen LogP) is 4.95. The van der Waals surface area contributed by atoms with Gasteiger partial charge in [0.15, 0.2) is 0 Å². The Bertz CT molecular complexity index is 802. The van der Waals surface area contributed by atoms with Crippen LogP contribution in [0.1, 0.15) is 18.3 Å². The van der Waals surface area contributed by atoms with Gasteiger partial charge in [0.05, 0.1) is 0 Å². The van der Waals surface area contributed by atoms with E-state index in [2.05, 4.69) is 22.1 Å². The Kier molecular flexibility index (Phi) is 3.76. The molecule has 0 spiro atoms. The summed E-state index contributed by atoms with van der Waals surface area (Å²) in [5.41, 5.74) is 0.752. The van der Waals surface area contributed by atoms with Crippen molar-refractivity contribution >= 4 is 22.4 Å². The van der Waals surface area contributed by atoms with Crippen molar-refractivity contribution in [1.29, 1.82) is 0 Å². The maximum Gasteiger partial charge on any atom is 0.226 e. The van der Waals surface area contributed by atoms with Crippen LogP contribution < -0.4 is 4.74 Å². The second-order valence-corrected chi connectivity index (χ2v) is 5.18. The first-order chi connectivity index (χ1) is 10.2. The van der Waals surface area contributed by atoms with E-state index in [1.807, 2.05) is 44.2 Å². The van der Waals surface area contributed by atoms with Crippen molar-refractivity contribution in [3.05, 3.63) is 59.0 Å². The summed E-state index contributed by atoms with van der Waals surface area (Å²) < 4.78 is 5.91. The predicted molar refractivity (Wildman–Crippen MR) is 85.2 cm³/mol. The van der Waals surface area contributed by atoms with Crippen molar-refractivity contribution < 1.29 is 4.74 Å². The van der Waals surface area contributed by atoms with Crippen LogP contribution in [-0.2, 0) is 6.42 Å². The van der Waals surface area contributed by atoms with Gasteiger partial charge >= 0.3 is 0 Å². The fourth-order valence-electron chi connectivity index (χ4n) is 2.11. The van der Waals surface area contributed by atoms with Crippen LogP contribution >= 0.6 is 11.6 Å². The van der Waals surface area contributed by atoms with Crippen LogP contribution in [0.2, 0.25) is 5.15 Å². The van der Waals surface area contributed by atoms with Gasteiger partial charge in [-0.2, -0.15) is 4.98 Å². The topological polar surface area (TPSA) is 35.0 Å². The summed E-state index contributed by atoms with van der Waals surface area (Å²) in [6.07, 6.45) is 0.716. The second kappa shape index (κ2) is 5.70. The molecule has 3 rings (SSSR count). The summed E-state index contributed by atoms with van der Waals surface area (Å²) in [6.45, 7) is 3.85. The lowest BCUT2D eigenvalue weighted by atomic mass is 10.1. The summed E-state index contributed by atoms with van der Waals surface area (Å²) in [7, 11) is 0. The molecular formula is C17H15ClN2O. The number of halogens is 1. The lowest BCUT2D eigenvalue weighted by Crippen LogP contribution is -2.00. The molecule has 0 radical (unpaired) electrons. The molecule has 0 aliphatic heterocycles. The highest BCUT2D eigenvalue weighted by Crippen LogP contribution is 2.29. The smallest absolute Gasteiger partial charge is 0.226 e.